The van der Waals surface area contributed by atoms with Gasteiger partial charge in [-0.05, 0) is 31.7 Å². The first-order chi connectivity index (χ1) is 9.84. The monoisotopic (exact) mass is 288 g/mol. The molecular weight excluding hydrogens is 264 g/mol. The molecule has 2 N–H and O–H groups in total. The number of nitrogens with zero attached hydrogens (tertiary/aromatic N) is 1. The second-order valence-electron chi connectivity index (χ2n) is 6.49. The predicted octanol–water partition coefficient (Wildman–Crippen LogP) is 2.86. The van der Waals surface area contributed by atoms with E-state index in [1.807, 2.05) is 32.0 Å². The van der Waals surface area contributed by atoms with E-state index >= 15 is 0 Å². The molecule has 2 atom stereocenters. The third-order valence-corrected chi connectivity index (χ3v) is 4.07. The van der Waals surface area contributed by atoms with Crippen LogP contribution < -0.4 is 5.32 Å². The van der Waals surface area contributed by atoms with Crippen LogP contribution in [-0.4, -0.2) is 28.5 Å². The second kappa shape index (κ2) is 5.88. The molecule has 0 saturated heterocycles. The molecule has 0 bridgehead atoms. The summed E-state index contributed by atoms with van der Waals surface area (Å²) in [6.45, 7) is 8.14. The highest BCUT2D eigenvalue weighted by atomic mass is 16.4. The van der Waals surface area contributed by atoms with E-state index < -0.39 is 12.0 Å². The summed E-state index contributed by atoms with van der Waals surface area (Å²) < 4.78 is 0. The van der Waals surface area contributed by atoms with Crippen molar-refractivity contribution in [3.8, 4) is 0 Å². The highest BCUT2D eigenvalue weighted by molar-refractivity contribution is 6.02. The Kier molecular flexibility index (Phi) is 4.35. The van der Waals surface area contributed by atoms with Crippen LogP contribution in [0.4, 0.5) is 0 Å². The molecule has 0 amide bonds. The maximum atomic E-state index is 11.5. The van der Waals surface area contributed by atoms with E-state index in [0.29, 0.717) is 5.84 Å². The lowest BCUT2D eigenvalue weighted by molar-refractivity contribution is -0.139. The molecule has 0 saturated carbocycles. The van der Waals surface area contributed by atoms with E-state index in [4.69, 9.17) is 0 Å². The summed E-state index contributed by atoms with van der Waals surface area (Å²) in [5.74, 6) is -0.150. The molecule has 114 valence electrons. The van der Waals surface area contributed by atoms with Gasteiger partial charge in [0, 0.05) is 11.1 Å². The zero-order valence-corrected chi connectivity index (χ0v) is 13.2. The van der Waals surface area contributed by atoms with Gasteiger partial charge in [0.05, 0.1) is 0 Å². The molecule has 0 aromatic heterocycles. The molecule has 21 heavy (non-hydrogen) atoms. The van der Waals surface area contributed by atoms with Gasteiger partial charge in [0.1, 0.15) is 5.84 Å². The molecule has 1 aromatic rings. The Balaban J connectivity index is 2.46. The van der Waals surface area contributed by atoms with Crippen LogP contribution in [-0.2, 0) is 11.2 Å². The van der Waals surface area contributed by atoms with Crippen molar-refractivity contribution in [1.29, 1.82) is 0 Å². The number of amidine groups is 1. The zero-order valence-electron chi connectivity index (χ0n) is 13.2. The molecule has 4 nitrogen and oxygen atoms in total. The smallest absolute Gasteiger partial charge is 0.328 e. The van der Waals surface area contributed by atoms with E-state index in [9.17, 15) is 9.90 Å². The van der Waals surface area contributed by atoms with Crippen molar-refractivity contribution in [2.24, 2.45) is 10.9 Å². The third-order valence-electron chi connectivity index (χ3n) is 4.07. The van der Waals surface area contributed by atoms with Gasteiger partial charge >= 0.3 is 5.97 Å². The number of fused-ring (bicyclic) bond motifs is 1. The van der Waals surface area contributed by atoms with Crippen LogP contribution in [0.15, 0.2) is 29.3 Å². The number of carboxylic acid groups (broad SMARTS) is 1. The normalized spacial score (nSPS) is 21.2. The molecule has 0 radical (unpaired) electrons. The van der Waals surface area contributed by atoms with Crippen molar-refractivity contribution in [2.45, 2.75) is 52.1 Å². The topological polar surface area (TPSA) is 61.7 Å². The summed E-state index contributed by atoms with van der Waals surface area (Å²) in [6, 6.07) is 7.37. The van der Waals surface area contributed by atoms with Gasteiger partial charge in [-0.3, -0.25) is 4.99 Å². The molecule has 1 aromatic carbocycles. The predicted molar refractivity (Wildman–Crippen MR) is 84.8 cm³/mol. The van der Waals surface area contributed by atoms with E-state index in [1.165, 1.54) is 5.56 Å². The molecule has 1 aliphatic heterocycles. The van der Waals surface area contributed by atoms with Gasteiger partial charge in [-0.1, -0.05) is 44.5 Å². The van der Waals surface area contributed by atoms with Gasteiger partial charge in [0.25, 0.3) is 0 Å². The number of carbonyl (C=O) groups is 1. The Morgan fingerprint density at radius 1 is 1.43 bits per heavy atom. The van der Waals surface area contributed by atoms with Crippen LogP contribution in [0.1, 0.15) is 45.2 Å². The summed E-state index contributed by atoms with van der Waals surface area (Å²) in [7, 11) is 0. The molecule has 0 fully saturated rings. The van der Waals surface area contributed by atoms with E-state index in [0.717, 1.165) is 18.4 Å². The summed E-state index contributed by atoms with van der Waals surface area (Å²) in [6.07, 6.45) is 1.70. The Hall–Kier alpha value is -1.84. The Morgan fingerprint density at radius 3 is 2.71 bits per heavy atom. The maximum Gasteiger partial charge on any atom is 0.328 e. The number of nitrogens with one attached hydrogen (secondary N) is 1. The maximum absolute atomic E-state index is 11.5. The molecular formula is C17H24N2O2. The summed E-state index contributed by atoms with van der Waals surface area (Å²) in [4.78, 5) is 16.1. The van der Waals surface area contributed by atoms with E-state index in [2.05, 4.69) is 30.2 Å². The van der Waals surface area contributed by atoms with Crippen molar-refractivity contribution in [3.63, 3.8) is 0 Å². The molecule has 0 spiro atoms. The molecule has 1 heterocycles. The highest BCUT2D eigenvalue weighted by Crippen LogP contribution is 2.24. The van der Waals surface area contributed by atoms with Crippen LogP contribution in [0, 0.1) is 5.92 Å². The number of hydrogen-bond acceptors (Lipinski definition) is 2. The lowest BCUT2D eigenvalue weighted by Gasteiger charge is -2.35. The first kappa shape index (κ1) is 15.5. The standard InChI is InChI=1S/C17H24N2O2/c1-5-11(2)14(16(20)21)18-15-13-9-7-6-8-12(13)10-17(3,4)19-15/h6-9,11,14H,5,10H2,1-4H3,(H,18,19)(H,20,21)/t11?,14-/m0/s1. The van der Waals surface area contributed by atoms with Crippen LogP contribution in [0.3, 0.4) is 0 Å². The Bertz CT molecular complexity index is 564. The number of hydrogen-bond donors (Lipinski definition) is 2. The van der Waals surface area contributed by atoms with Gasteiger partial charge < -0.3 is 10.4 Å². The number of aliphatic carboxylic acids is 1. The molecule has 2 rings (SSSR count). The minimum Gasteiger partial charge on any atom is -0.480 e. The molecule has 1 unspecified atom stereocenters. The average Bonchev–Trinajstić information content (AvgIpc) is 2.42. The quantitative estimate of drug-likeness (QED) is 0.895. The number of carboxylic acids is 1. The largest absolute Gasteiger partial charge is 0.480 e. The first-order valence-corrected chi connectivity index (χ1v) is 7.51. The van der Waals surface area contributed by atoms with Crippen molar-refractivity contribution in [3.05, 3.63) is 35.4 Å². The fourth-order valence-electron chi connectivity index (χ4n) is 2.70. The van der Waals surface area contributed by atoms with Crippen molar-refractivity contribution < 1.29 is 9.90 Å². The fourth-order valence-corrected chi connectivity index (χ4v) is 2.70. The summed E-state index contributed by atoms with van der Waals surface area (Å²) in [5.41, 5.74) is 2.12. The van der Waals surface area contributed by atoms with Crippen molar-refractivity contribution in [2.75, 3.05) is 0 Å². The van der Waals surface area contributed by atoms with Crippen LogP contribution >= 0.6 is 0 Å². The van der Waals surface area contributed by atoms with Crippen LogP contribution in [0.2, 0.25) is 0 Å². The van der Waals surface area contributed by atoms with Crippen molar-refractivity contribution in [1.82, 2.24) is 5.32 Å². The number of benzene rings is 1. The summed E-state index contributed by atoms with van der Waals surface area (Å²) in [5, 5.41) is 12.8. The number of rotatable bonds is 4. The minimum absolute atomic E-state index is 0.00833. The minimum atomic E-state index is -0.862. The van der Waals surface area contributed by atoms with Crippen LogP contribution in [0.5, 0.6) is 0 Å². The second-order valence-corrected chi connectivity index (χ2v) is 6.49. The SMILES string of the molecule is CCC(C)[C@H](N=C1NC(C)(C)Cc2ccccc21)C(=O)O. The van der Waals surface area contributed by atoms with Gasteiger partial charge in [-0.15, -0.1) is 0 Å². The van der Waals surface area contributed by atoms with Gasteiger partial charge in [-0.25, -0.2) is 4.79 Å². The first-order valence-electron chi connectivity index (χ1n) is 7.51. The average molecular weight is 288 g/mol. The number of aliphatic imine (C=N–C) groups is 1. The Labute approximate surface area is 126 Å². The molecule has 1 aliphatic rings. The van der Waals surface area contributed by atoms with E-state index in [-0.39, 0.29) is 11.5 Å². The Morgan fingerprint density at radius 2 is 2.10 bits per heavy atom. The van der Waals surface area contributed by atoms with Crippen LogP contribution in [0.25, 0.3) is 0 Å². The lowest BCUT2D eigenvalue weighted by atomic mass is 9.87. The summed E-state index contributed by atoms with van der Waals surface area (Å²) >= 11 is 0. The van der Waals surface area contributed by atoms with Gasteiger partial charge in [0.15, 0.2) is 6.04 Å². The molecule has 4 heteroatoms. The highest BCUT2D eigenvalue weighted by Gasteiger charge is 2.30. The molecule has 0 aliphatic carbocycles. The lowest BCUT2D eigenvalue weighted by Crippen LogP contribution is -2.50. The fraction of sp³-hybridized carbons (Fsp3) is 0.529. The zero-order chi connectivity index (χ0) is 15.6. The van der Waals surface area contributed by atoms with E-state index in [1.54, 1.807) is 0 Å². The van der Waals surface area contributed by atoms with Crippen molar-refractivity contribution >= 4 is 11.8 Å². The van der Waals surface area contributed by atoms with Gasteiger partial charge in [-0.2, -0.15) is 0 Å². The third kappa shape index (κ3) is 3.43. The van der Waals surface area contributed by atoms with Gasteiger partial charge in [0.2, 0.25) is 0 Å².